The van der Waals surface area contributed by atoms with Crippen molar-refractivity contribution < 1.29 is 0 Å². The van der Waals surface area contributed by atoms with E-state index >= 15 is 0 Å². The van der Waals surface area contributed by atoms with Gasteiger partial charge in [0.2, 0.25) is 0 Å². The first kappa shape index (κ1) is 22.5. The van der Waals surface area contributed by atoms with E-state index in [0.717, 1.165) is 0 Å². The summed E-state index contributed by atoms with van der Waals surface area (Å²) in [6, 6.07) is 0. The van der Waals surface area contributed by atoms with Crippen LogP contribution in [0.1, 0.15) is 20.8 Å². The smallest absolute Gasteiger partial charge is 0.345 e. The molecule has 0 unspecified atom stereocenters. The third-order valence-electron chi connectivity index (χ3n) is 0. The van der Waals surface area contributed by atoms with Gasteiger partial charge in [-0.15, -0.1) is 25.8 Å². The molecule has 0 amide bonds. The zero-order chi connectivity index (χ0) is 7.15. The summed E-state index contributed by atoms with van der Waals surface area (Å²) in [4.78, 5) is 0. The van der Waals surface area contributed by atoms with Crippen molar-refractivity contribution in [1.82, 2.24) is 0 Å². The standard InChI is InChI=1S/C4H9.C3H9Si.BrH.Mg/c2*1-4(2)3;;/h1-3H3;4H,1H2,2-3H3;1H;/q2*-1;;+2. The Morgan fingerprint density at radius 2 is 1.10 bits per heavy atom. The molecule has 10 heavy (non-hydrogen) atoms. The average molecular weight is 236 g/mol. The second-order valence-electron chi connectivity index (χ2n) is 2.89. The fraction of sp³-hybridized carbons (Fsp3) is 0.714. The third kappa shape index (κ3) is 317. The van der Waals surface area contributed by atoms with Gasteiger partial charge in [0.25, 0.3) is 0 Å². The van der Waals surface area contributed by atoms with E-state index in [-0.39, 0.29) is 48.8 Å². The maximum atomic E-state index is 3.78. The Morgan fingerprint density at radius 3 is 1.10 bits per heavy atom. The molecule has 0 aliphatic rings. The van der Waals surface area contributed by atoms with Crippen LogP contribution in [0, 0.1) is 12.5 Å². The van der Waals surface area contributed by atoms with Crippen LogP contribution in [0.4, 0.5) is 0 Å². The molecule has 0 aliphatic heterocycles. The molecule has 0 saturated carbocycles. The third-order valence-corrected chi connectivity index (χ3v) is 0. The van der Waals surface area contributed by atoms with E-state index in [1.54, 1.807) is 0 Å². The largest absolute Gasteiger partial charge is 2.00 e. The van der Waals surface area contributed by atoms with Crippen LogP contribution in [-0.4, -0.2) is 31.8 Å². The van der Waals surface area contributed by atoms with Crippen LogP contribution in [0.3, 0.4) is 0 Å². The summed E-state index contributed by atoms with van der Waals surface area (Å²) < 4.78 is 0. The van der Waals surface area contributed by atoms with Crippen LogP contribution in [0.5, 0.6) is 0 Å². The predicted octanol–water partition coefficient (Wildman–Crippen LogP) is 2.66. The SMILES string of the molecule is Br.C[C-](C)C.[CH2-][SiH](C)C.[Mg+2]. The molecular weight excluding hydrogens is 216 g/mol. The molecule has 0 fully saturated rings. The molecular formula is C7H19BrMgSi. The molecule has 60 valence electrons. The molecule has 0 saturated heterocycles. The minimum absolute atomic E-state index is 0. The van der Waals surface area contributed by atoms with Gasteiger partial charge in [-0.05, 0) is 0 Å². The molecule has 0 bridgehead atoms. The van der Waals surface area contributed by atoms with Crippen molar-refractivity contribution in [3.05, 3.63) is 12.5 Å². The summed E-state index contributed by atoms with van der Waals surface area (Å²) >= 11 is 0. The number of hydrogen-bond donors (Lipinski definition) is 0. The zero-order valence-electron chi connectivity index (χ0n) is 7.90. The minimum atomic E-state index is -0.389. The van der Waals surface area contributed by atoms with E-state index in [9.17, 15) is 0 Å². The van der Waals surface area contributed by atoms with Crippen molar-refractivity contribution in [2.45, 2.75) is 33.9 Å². The van der Waals surface area contributed by atoms with E-state index < -0.39 is 0 Å². The van der Waals surface area contributed by atoms with Gasteiger partial charge in [-0.25, -0.2) is 0 Å². The second-order valence-corrected chi connectivity index (χ2v) is 5.68. The van der Waals surface area contributed by atoms with Crippen molar-refractivity contribution >= 4 is 48.8 Å². The summed E-state index contributed by atoms with van der Waals surface area (Å²) in [6.07, 6.45) is 0. The van der Waals surface area contributed by atoms with Crippen molar-refractivity contribution in [2.75, 3.05) is 0 Å². The summed E-state index contributed by atoms with van der Waals surface area (Å²) in [7, 11) is -0.389. The molecule has 0 aromatic rings. The number of rotatable bonds is 0. The van der Waals surface area contributed by atoms with Crippen molar-refractivity contribution in [3.8, 4) is 0 Å². The van der Waals surface area contributed by atoms with Crippen molar-refractivity contribution in [3.63, 3.8) is 0 Å². The Kier molecular flexibility index (Phi) is 37.9. The van der Waals surface area contributed by atoms with Gasteiger partial charge in [-0.1, -0.05) is 13.1 Å². The van der Waals surface area contributed by atoms with Crippen LogP contribution in [0.15, 0.2) is 0 Å². The fourth-order valence-electron chi connectivity index (χ4n) is 0. The first-order valence-electron chi connectivity index (χ1n) is 3.06. The first-order chi connectivity index (χ1) is 3.46. The summed E-state index contributed by atoms with van der Waals surface area (Å²) in [5, 5.41) is 0. The Hall–Kier alpha value is 1.46. The van der Waals surface area contributed by atoms with E-state index in [1.165, 1.54) is 5.92 Å². The molecule has 0 N–H and O–H groups in total. The molecule has 0 rings (SSSR count). The molecule has 0 aromatic heterocycles. The van der Waals surface area contributed by atoms with E-state index in [1.807, 2.05) is 0 Å². The summed E-state index contributed by atoms with van der Waals surface area (Å²) in [5.41, 5.74) is 0. The molecule has 0 aromatic carbocycles. The van der Waals surface area contributed by atoms with Crippen LogP contribution >= 0.6 is 17.0 Å². The van der Waals surface area contributed by atoms with Crippen LogP contribution in [0.2, 0.25) is 13.1 Å². The second kappa shape index (κ2) is 16.8. The van der Waals surface area contributed by atoms with Crippen molar-refractivity contribution in [1.29, 1.82) is 0 Å². The van der Waals surface area contributed by atoms with Gasteiger partial charge in [0.1, 0.15) is 0 Å². The normalized spacial score (nSPS) is 7.20. The quantitative estimate of drug-likeness (QED) is 0.447. The van der Waals surface area contributed by atoms with E-state index in [0.29, 0.717) is 0 Å². The van der Waals surface area contributed by atoms with Gasteiger partial charge >= 0.3 is 23.1 Å². The fourth-order valence-corrected chi connectivity index (χ4v) is 0. The average Bonchev–Trinajstić information content (AvgIpc) is 1.25. The maximum absolute atomic E-state index is 3.78. The Balaban J connectivity index is -0.0000000300. The molecule has 0 spiro atoms. The molecule has 0 heterocycles. The molecule has 0 aliphatic carbocycles. The zero-order valence-corrected chi connectivity index (χ0v) is 12.2. The van der Waals surface area contributed by atoms with E-state index in [2.05, 4.69) is 40.4 Å². The van der Waals surface area contributed by atoms with Gasteiger partial charge < -0.3 is 12.5 Å². The first-order valence-corrected chi connectivity index (χ1v) is 6.19. The molecule has 0 radical (unpaired) electrons. The number of halogens is 1. The summed E-state index contributed by atoms with van der Waals surface area (Å²) in [6.45, 7) is 14.4. The van der Waals surface area contributed by atoms with Crippen LogP contribution in [0.25, 0.3) is 0 Å². The minimum Gasteiger partial charge on any atom is -0.345 e. The summed E-state index contributed by atoms with van der Waals surface area (Å²) in [5.74, 6) is 1.42. The van der Waals surface area contributed by atoms with Crippen LogP contribution < -0.4 is 0 Å². The number of hydrogen-bond acceptors (Lipinski definition) is 0. The maximum Gasteiger partial charge on any atom is 2.00 e. The van der Waals surface area contributed by atoms with Gasteiger partial charge in [-0.3, -0.25) is 0 Å². The molecule has 3 heteroatoms. The monoisotopic (exact) mass is 234 g/mol. The van der Waals surface area contributed by atoms with Gasteiger partial charge in [0.15, 0.2) is 0 Å². The Labute approximate surface area is 94.7 Å². The predicted molar refractivity (Wildman–Crippen MR) is 60.6 cm³/mol. The van der Waals surface area contributed by atoms with Gasteiger partial charge in [0, 0.05) is 0 Å². The van der Waals surface area contributed by atoms with Crippen molar-refractivity contribution in [2.24, 2.45) is 0 Å². The molecule has 0 nitrogen and oxygen atoms in total. The van der Waals surface area contributed by atoms with Crippen LogP contribution in [-0.2, 0) is 0 Å². The Morgan fingerprint density at radius 1 is 1.10 bits per heavy atom. The topological polar surface area (TPSA) is 0 Å². The van der Waals surface area contributed by atoms with Gasteiger partial charge in [0.05, 0.1) is 0 Å². The van der Waals surface area contributed by atoms with E-state index in [4.69, 9.17) is 0 Å². The Bertz CT molecular complexity index is 29.1. The van der Waals surface area contributed by atoms with Gasteiger partial charge in [-0.2, -0.15) is 20.8 Å². The molecule has 0 atom stereocenters.